The van der Waals surface area contributed by atoms with E-state index in [2.05, 4.69) is 30.3 Å². The molecule has 8 rings (SSSR count). The number of imide groups is 1. The lowest BCUT2D eigenvalue weighted by atomic mass is 9.51. The van der Waals surface area contributed by atoms with Crippen LogP contribution in [0.25, 0.3) is 5.57 Å². The summed E-state index contributed by atoms with van der Waals surface area (Å²) >= 11 is 0. The highest BCUT2D eigenvalue weighted by Gasteiger charge is 2.83. The molecule has 2 heterocycles. The Labute approximate surface area is 297 Å². The number of para-hydroxylation sites is 1. The Hall–Kier alpha value is -5.34. The predicted molar refractivity (Wildman–Crippen MR) is 192 cm³/mol. The third-order valence-corrected chi connectivity index (χ3v) is 11.8. The molecule has 4 aromatic rings. The van der Waals surface area contributed by atoms with Gasteiger partial charge in [0.2, 0.25) is 17.7 Å². The van der Waals surface area contributed by atoms with Crippen LogP contribution >= 0.6 is 0 Å². The topological polar surface area (TPSA) is 93.2 Å². The van der Waals surface area contributed by atoms with E-state index in [1.807, 2.05) is 85.9 Å². The first kappa shape index (κ1) is 32.8. The summed E-state index contributed by atoms with van der Waals surface area (Å²) in [6.07, 6.45) is 1.60. The third-order valence-electron chi connectivity index (χ3n) is 11.8. The fraction of sp³-hybridized carbons (Fsp3) is 0.302. The molecule has 51 heavy (non-hydrogen) atoms. The maximum atomic E-state index is 15.2. The van der Waals surface area contributed by atoms with Gasteiger partial charge in [-0.2, -0.15) is 0 Å². The van der Waals surface area contributed by atoms with E-state index in [1.54, 1.807) is 17.0 Å². The van der Waals surface area contributed by atoms with E-state index in [-0.39, 0.29) is 37.4 Å². The minimum Gasteiger partial charge on any atom is -0.461 e. The molecule has 8 heteroatoms. The molecule has 4 aromatic carbocycles. The number of likely N-dealkylation sites (tertiary alicyclic amines) is 1. The summed E-state index contributed by atoms with van der Waals surface area (Å²) in [5.74, 6) is -2.74. The molecule has 2 aliphatic heterocycles. The molecule has 0 N–H and O–H groups in total. The summed E-state index contributed by atoms with van der Waals surface area (Å²) in [6.45, 7) is 3.07. The maximum Gasteiger partial charge on any atom is 0.302 e. The average molecular weight is 681 g/mol. The van der Waals surface area contributed by atoms with Crippen LogP contribution in [0.15, 0.2) is 121 Å². The van der Waals surface area contributed by atoms with Crippen LogP contribution in [0.2, 0.25) is 0 Å². The molecule has 8 nitrogen and oxygen atoms in total. The van der Waals surface area contributed by atoms with Crippen LogP contribution in [0.3, 0.4) is 0 Å². The highest BCUT2D eigenvalue weighted by atomic mass is 16.5. The maximum absolute atomic E-state index is 15.2. The van der Waals surface area contributed by atoms with E-state index in [0.29, 0.717) is 11.3 Å². The molecular weight excluding hydrogens is 640 g/mol. The number of carbonyl (C=O) groups is 4. The fourth-order valence-electron chi connectivity index (χ4n) is 10.1. The van der Waals surface area contributed by atoms with Crippen molar-refractivity contribution in [1.82, 2.24) is 4.90 Å². The lowest BCUT2D eigenvalue weighted by molar-refractivity contribution is -0.173. The van der Waals surface area contributed by atoms with Gasteiger partial charge >= 0.3 is 5.97 Å². The number of hydrogen-bond acceptors (Lipinski definition) is 6. The van der Waals surface area contributed by atoms with Crippen LogP contribution in [0.4, 0.5) is 5.69 Å². The highest BCUT2D eigenvalue weighted by Crippen LogP contribution is 2.73. The molecule has 4 aliphatic rings. The smallest absolute Gasteiger partial charge is 0.302 e. The van der Waals surface area contributed by atoms with Crippen LogP contribution in [0, 0.1) is 23.2 Å². The number of nitrogens with zero attached hydrogens (tertiary/aromatic N) is 2. The Balaban J connectivity index is 1.37. The molecule has 4 bridgehead atoms. The number of amides is 3. The van der Waals surface area contributed by atoms with Gasteiger partial charge in [0.25, 0.3) is 0 Å². The molecule has 0 unspecified atom stereocenters. The van der Waals surface area contributed by atoms with Crippen molar-refractivity contribution in [2.75, 3.05) is 18.6 Å². The van der Waals surface area contributed by atoms with Crippen molar-refractivity contribution >= 4 is 35.0 Å². The molecule has 0 aromatic heterocycles. The Morgan fingerprint density at radius 2 is 1.39 bits per heavy atom. The van der Waals surface area contributed by atoms with Crippen LogP contribution in [0.1, 0.15) is 42.5 Å². The van der Waals surface area contributed by atoms with Gasteiger partial charge in [0.15, 0.2) is 0 Å². The fourth-order valence-corrected chi connectivity index (χ4v) is 10.1. The van der Waals surface area contributed by atoms with E-state index in [9.17, 15) is 14.4 Å². The number of anilines is 1. The summed E-state index contributed by atoms with van der Waals surface area (Å²) in [4.78, 5) is 59.4. The zero-order valence-electron chi connectivity index (χ0n) is 28.9. The van der Waals surface area contributed by atoms with E-state index in [1.165, 1.54) is 18.7 Å². The lowest BCUT2D eigenvalue weighted by Gasteiger charge is -2.51. The minimum atomic E-state index is -1.51. The molecule has 2 aliphatic carbocycles. The number of piperidine rings is 1. The summed E-state index contributed by atoms with van der Waals surface area (Å²) in [6, 6.07) is 36.9. The van der Waals surface area contributed by atoms with E-state index in [4.69, 9.17) is 9.47 Å². The Bertz CT molecular complexity index is 2010. The second-order valence-corrected chi connectivity index (χ2v) is 14.3. The number of rotatable bonds is 8. The number of carbonyl (C=O) groups excluding carboxylic acids is 4. The van der Waals surface area contributed by atoms with E-state index >= 15 is 4.79 Å². The van der Waals surface area contributed by atoms with Gasteiger partial charge in [-0.3, -0.25) is 19.2 Å². The molecule has 258 valence electrons. The van der Waals surface area contributed by atoms with E-state index in [0.717, 1.165) is 22.3 Å². The molecule has 3 fully saturated rings. The summed E-state index contributed by atoms with van der Waals surface area (Å²) in [5.41, 5.74) is 2.46. The number of fused-ring (bicyclic) bond motifs is 2. The number of ether oxygens (including phenoxy) is 2. The summed E-state index contributed by atoms with van der Waals surface area (Å²) < 4.78 is 12.8. The van der Waals surface area contributed by atoms with Crippen molar-refractivity contribution in [1.29, 1.82) is 0 Å². The second-order valence-electron chi connectivity index (χ2n) is 14.3. The van der Waals surface area contributed by atoms with Crippen molar-refractivity contribution in [2.24, 2.45) is 23.2 Å². The monoisotopic (exact) mass is 680 g/mol. The van der Waals surface area contributed by atoms with Crippen molar-refractivity contribution in [3.8, 4) is 0 Å². The van der Waals surface area contributed by atoms with Crippen LogP contribution < -0.4 is 4.90 Å². The second kappa shape index (κ2) is 12.5. The molecule has 1 spiro atoms. The summed E-state index contributed by atoms with van der Waals surface area (Å²) in [5, 5.41) is 0. The average Bonchev–Trinajstić information content (AvgIpc) is 3.60. The van der Waals surface area contributed by atoms with Gasteiger partial charge in [-0.25, -0.2) is 4.90 Å². The van der Waals surface area contributed by atoms with Gasteiger partial charge < -0.3 is 14.4 Å². The normalized spacial score (nSPS) is 28.6. The largest absolute Gasteiger partial charge is 0.461 e. The van der Waals surface area contributed by atoms with Gasteiger partial charge in [0, 0.05) is 38.8 Å². The Kier molecular flexibility index (Phi) is 8.02. The molecule has 7 atom stereocenters. The number of esters is 1. The van der Waals surface area contributed by atoms with Crippen LogP contribution in [-0.2, 0) is 40.7 Å². The first-order valence-electron chi connectivity index (χ1n) is 17.5. The SMILES string of the molecule is CC(=O)O[C@H]1C[C@H]2[C@H](C=C(c3ccccc3)c3ccccc3)[C@H]3[C@H]([C@]2(COCc2ccccc2)C(=O)N3C)[C@]12C(=O)N(C(C)=O)c1ccccc12. The first-order valence-corrected chi connectivity index (χ1v) is 17.5. The Morgan fingerprint density at radius 3 is 2.00 bits per heavy atom. The first-order chi connectivity index (χ1) is 24.7. The molecule has 2 saturated carbocycles. The van der Waals surface area contributed by atoms with Gasteiger partial charge in [0.1, 0.15) is 11.5 Å². The Morgan fingerprint density at radius 1 is 0.804 bits per heavy atom. The third kappa shape index (κ3) is 4.76. The van der Waals surface area contributed by atoms with Gasteiger partial charge in [-0.15, -0.1) is 0 Å². The van der Waals surface area contributed by atoms with Crippen molar-refractivity contribution in [2.45, 2.75) is 44.4 Å². The molecule has 0 radical (unpaired) electrons. The number of hydrogen-bond donors (Lipinski definition) is 0. The van der Waals surface area contributed by atoms with Gasteiger partial charge in [0.05, 0.1) is 24.3 Å². The zero-order valence-corrected chi connectivity index (χ0v) is 28.9. The van der Waals surface area contributed by atoms with Crippen molar-refractivity contribution in [3.05, 3.63) is 144 Å². The van der Waals surface area contributed by atoms with Gasteiger partial charge in [-0.05, 0) is 46.2 Å². The van der Waals surface area contributed by atoms with Gasteiger partial charge in [-0.1, -0.05) is 115 Å². The summed E-state index contributed by atoms with van der Waals surface area (Å²) in [7, 11) is 1.81. The zero-order chi connectivity index (χ0) is 35.5. The van der Waals surface area contributed by atoms with Crippen molar-refractivity contribution in [3.63, 3.8) is 0 Å². The van der Waals surface area contributed by atoms with Crippen molar-refractivity contribution < 1.29 is 28.7 Å². The molecular formula is C43H40N2O6. The highest BCUT2D eigenvalue weighted by molar-refractivity contribution is 6.23. The van der Waals surface area contributed by atoms with E-state index < -0.39 is 46.7 Å². The molecule has 1 saturated heterocycles. The molecule has 3 amide bonds. The predicted octanol–water partition coefficient (Wildman–Crippen LogP) is 6.19. The quantitative estimate of drug-likeness (QED) is 0.206. The minimum absolute atomic E-state index is 0.0668. The number of benzene rings is 4. The van der Waals surface area contributed by atoms with Crippen LogP contribution in [-0.4, -0.2) is 54.4 Å². The van der Waals surface area contributed by atoms with Crippen LogP contribution in [0.5, 0.6) is 0 Å². The lowest BCUT2D eigenvalue weighted by Crippen LogP contribution is -2.64. The standard InChI is InChI=1S/C43H40N2O6/c1-27(46)45-36-22-14-13-21-34(36)43(41(45)49)37(51-28(2)47)24-35-33(23-32(30-17-9-5-10-18-30)31-19-11-6-12-20-31)38-39(43)42(35,40(48)44(38)3)26-50-25-29-15-7-4-8-16-29/h4-23,33,35,37-39H,24-26H2,1-3H3/t33-,35-,37-,38-,39+,42+,43+/m0/s1.